The Bertz CT molecular complexity index is 449. The lowest BCUT2D eigenvalue weighted by atomic mass is 10.2. The van der Waals surface area contributed by atoms with Crippen molar-refractivity contribution in [2.75, 3.05) is 7.05 Å². The number of furan rings is 1. The number of halogens is 1. The molecule has 74 valence electrons. The third-order valence-electron chi connectivity index (χ3n) is 2.37. The summed E-state index contributed by atoms with van der Waals surface area (Å²) in [7, 11) is 1.90. The van der Waals surface area contributed by atoms with Gasteiger partial charge in [0.2, 0.25) is 0 Å². The Morgan fingerprint density at radius 3 is 2.86 bits per heavy atom. The first-order chi connectivity index (χ1) is 6.72. The van der Waals surface area contributed by atoms with Gasteiger partial charge in [-0.2, -0.15) is 0 Å². The third kappa shape index (κ3) is 1.51. The van der Waals surface area contributed by atoms with E-state index in [9.17, 15) is 0 Å². The van der Waals surface area contributed by atoms with Gasteiger partial charge in [-0.05, 0) is 26.1 Å². The molecule has 1 aromatic heterocycles. The molecule has 14 heavy (non-hydrogen) atoms. The molecular weight excluding hydrogens is 198 g/mol. The summed E-state index contributed by atoms with van der Waals surface area (Å²) in [5, 5.41) is 4.84. The quantitative estimate of drug-likeness (QED) is 0.821. The zero-order valence-electron chi connectivity index (χ0n) is 8.17. The van der Waals surface area contributed by atoms with Gasteiger partial charge in [-0.3, -0.25) is 0 Å². The summed E-state index contributed by atoms with van der Waals surface area (Å²) in [5.41, 5.74) is 0.770. The molecule has 0 amide bonds. The van der Waals surface area contributed by atoms with E-state index in [0.717, 1.165) is 16.7 Å². The minimum Gasteiger partial charge on any atom is -0.458 e. The lowest BCUT2D eigenvalue weighted by Gasteiger charge is -2.04. The summed E-state index contributed by atoms with van der Waals surface area (Å²) < 4.78 is 5.66. The van der Waals surface area contributed by atoms with Crippen LogP contribution in [0.4, 0.5) is 0 Å². The number of nitrogens with one attached hydrogen (secondary N) is 1. The smallest absolute Gasteiger partial charge is 0.152 e. The Morgan fingerprint density at radius 1 is 1.43 bits per heavy atom. The van der Waals surface area contributed by atoms with Crippen molar-refractivity contribution in [3.63, 3.8) is 0 Å². The first-order valence-electron chi connectivity index (χ1n) is 4.57. The fourth-order valence-electron chi connectivity index (χ4n) is 1.40. The molecule has 1 aromatic carbocycles. The Kier molecular flexibility index (Phi) is 2.48. The Hall–Kier alpha value is -0.990. The molecule has 0 aliphatic rings. The lowest BCUT2D eigenvalue weighted by Crippen LogP contribution is -2.10. The van der Waals surface area contributed by atoms with E-state index in [0.29, 0.717) is 5.02 Å². The van der Waals surface area contributed by atoms with E-state index >= 15 is 0 Å². The zero-order chi connectivity index (χ0) is 10.1. The molecule has 3 heteroatoms. The van der Waals surface area contributed by atoms with Crippen LogP contribution in [0.25, 0.3) is 11.0 Å². The average Bonchev–Trinajstić information content (AvgIpc) is 2.62. The maximum absolute atomic E-state index is 6.00. The molecule has 0 spiro atoms. The summed E-state index contributed by atoms with van der Waals surface area (Å²) in [6.45, 7) is 2.05. The zero-order valence-corrected chi connectivity index (χ0v) is 8.93. The van der Waals surface area contributed by atoms with Crippen LogP contribution in [0.3, 0.4) is 0 Å². The summed E-state index contributed by atoms with van der Waals surface area (Å²) in [6.07, 6.45) is 0. The van der Waals surface area contributed by atoms with Crippen LogP contribution < -0.4 is 5.32 Å². The molecule has 1 N–H and O–H groups in total. The molecule has 0 aliphatic carbocycles. The monoisotopic (exact) mass is 209 g/mol. The topological polar surface area (TPSA) is 25.2 Å². The molecule has 0 bridgehead atoms. The predicted octanol–water partition coefficient (Wildman–Crippen LogP) is 3.37. The number of fused-ring (bicyclic) bond motifs is 1. The van der Waals surface area contributed by atoms with Gasteiger partial charge in [-0.1, -0.05) is 23.7 Å². The van der Waals surface area contributed by atoms with E-state index in [1.54, 1.807) is 0 Å². The highest BCUT2D eigenvalue weighted by Crippen LogP contribution is 2.28. The van der Waals surface area contributed by atoms with Crippen LogP contribution in [0.1, 0.15) is 18.7 Å². The summed E-state index contributed by atoms with van der Waals surface area (Å²) in [5.74, 6) is 0.913. The minimum absolute atomic E-state index is 0.207. The van der Waals surface area contributed by atoms with Crippen molar-refractivity contribution in [3.8, 4) is 0 Å². The first-order valence-corrected chi connectivity index (χ1v) is 4.95. The highest BCUT2D eigenvalue weighted by Gasteiger charge is 2.10. The molecule has 1 unspecified atom stereocenters. The molecule has 1 heterocycles. The van der Waals surface area contributed by atoms with Crippen molar-refractivity contribution in [3.05, 3.63) is 35.0 Å². The summed E-state index contributed by atoms with van der Waals surface area (Å²) >= 11 is 6.00. The highest BCUT2D eigenvalue weighted by atomic mass is 35.5. The normalized spacial score (nSPS) is 13.4. The molecule has 2 nitrogen and oxygen atoms in total. The Morgan fingerprint density at radius 2 is 2.21 bits per heavy atom. The van der Waals surface area contributed by atoms with E-state index in [2.05, 4.69) is 5.32 Å². The van der Waals surface area contributed by atoms with Crippen molar-refractivity contribution in [2.45, 2.75) is 13.0 Å². The molecular formula is C11H12ClNO. The molecule has 0 saturated carbocycles. The van der Waals surface area contributed by atoms with Gasteiger partial charge in [0.15, 0.2) is 5.58 Å². The standard InChI is InChI=1S/C11H12ClNO/c1-7(13-2)10-6-8-4-3-5-9(12)11(8)14-10/h3-7,13H,1-2H3. The maximum atomic E-state index is 6.00. The van der Waals surface area contributed by atoms with Gasteiger partial charge in [0, 0.05) is 5.39 Å². The lowest BCUT2D eigenvalue weighted by molar-refractivity contribution is 0.475. The number of rotatable bonds is 2. The van der Waals surface area contributed by atoms with Gasteiger partial charge in [0.1, 0.15) is 5.76 Å². The van der Waals surface area contributed by atoms with Crippen LogP contribution >= 0.6 is 11.6 Å². The van der Waals surface area contributed by atoms with Crippen molar-refractivity contribution in [1.29, 1.82) is 0 Å². The second kappa shape index (κ2) is 3.64. The van der Waals surface area contributed by atoms with Crippen LogP contribution in [0.2, 0.25) is 5.02 Å². The highest BCUT2D eigenvalue weighted by molar-refractivity contribution is 6.34. The average molecular weight is 210 g/mol. The van der Waals surface area contributed by atoms with Crippen LogP contribution in [-0.4, -0.2) is 7.05 Å². The maximum Gasteiger partial charge on any atom is 0.152 e. The number of benzene rings is 1. The molecule has 0 saturated heterocycles. The van der Waals surface area contributed by atoms with Gasteiger partial charge in [0.05, 0.1) is 11.1 Å². The summed E-state index contributed by atoms with van der Waals surface area (Å²) in [4.78, 5) is 0. The van der Waals surface area contributed by atoms with E-state index in [-0.39, 0.29) is 6.04 Å². The molecule has 2 aromatic rings. The van der Waals surface area contributed by atoms with Crippen LogP contribution in [0, 0.1) is 0 Å². The molecule has 0 fully saturated rings. The SMILES string of the molecule is CNC(C)c1cc2cccc(Cl)c2o1. The van der Waals surface area contributed by atoms with E-state index < -0.39 is 0 Å². The van der Waals surface area contributed by atoms with E-state index in [1.807, 2.05) is 38.2 Å². The van der Waals surface area contributed by atoms with Gasteiger partial charge < -0.3 is 9.73 Å². The first kappa shape index (κ1) is 9.56. The molecule has 0 radical (unpaired) electrons. The number of para-hydroxylation sites is 1. The largest absolute Gasteiger partial charge is 0.458 e. The van der Waals surface area contributed by atoms with Crippen LogP contribution in [0.5, 0.6) is 0 Å². The van der Waals surface area contributed by atoms with E-state index in [4.69, 9.17) is 16.0 Å². The second-order valence-corrected chi connectivity index (χ2v) is 3.72. The van der Waals surface area contributed by atoms with Gasteiger partial charge in [-0.15, -0.1) is 0 Å². The molecule has 2 rings (SSSR count). The predicted molar refractivity (Wildman–Crippen MR) is 58.7 cm³/mol. The fourth-order valence-corrected chi connectivity index (χ4v) is 1.62. The number of hydrogen-bond acceptors (Lipinski definition) is 2. The van der Waals surface area contributed by atoms with Gasteiger partial charge in [-0.25, -0.2) is 0 Å². The summed E-state index contributed by atoms with van der Waals surface area (Å²) in [6, 6.07) is 7.98. The third-order valence-corrected chi connectivity index (χ3v) is 2.67. The molecule has 0 aliphatic heterocycles. The van der Waals surface area contributed by atoms with Crippen molar-refractivity contribution in [2.24, 2.45) is 0 Å². The number of hydrogen-bond donors (Lipinski definition) is 1. The Labute approximate surface area is 87.9 Å². The van der Waals surface area contributed by atoms with Crippen LogP contribution in [-0.2, 0) is 0 Å². The van der Waals surface area contributed by atoms with Gasteiger partial charge >= 0.3 is 0 Å². The fraction of sp³-hybridized carbons (Fsp3) is 0.273. The van der Waals surface area contributed by atoms with Crippen LogP contribution in [0.15, 0.2) is 28.7 Å². The second-order valence-electron chi connectivity index (χ2n) is 3.32. The minimum atomic E-state index is 0.207. The van der Waals surface area contributed by atoms with Gasteiger partial charge in [0.25, 0.3) is 0 Å². The van der Waals surface area contributed by atoms with Crippen molar-refractivity contribution >= 4 is 22.6 Å². The van der Waals surface area contributed by atoms with Crippen molar-refractivity contribution in [1.82, 2.24) is 5.32 Å². The van der Waals surface area contributed by atoms with E-state index in [1.165, 1.54) is 0 Å². The molecule has 1 atom stereocenters. The van der Waals surface area contributed by atoms with Crippen molar-refractivity contribution < 1.29 is 4.42 Å². The Balaban J connectivity index is 2.56.